The molecule has 1 fully saturated rings. The molecule has 5 rings (SSSR count). The van der Waals surface area contributed by atoms with E-state index in [9.17, 15) is 14.0 Å². The SMILES string of the molecule is CC(C)Oc1nccnc1N1CCN(C(=O)C(=O)c2c[nH]c3c(-n4ccnn4)ncc(F)c23)CC1. The van der Waals surface area contributed by atoms with Crippen LogP contribution < -0.4 is 9.64 Å². The van der Waals surface area contributed by atoms with E-state index in [0.29, 0.717) is 37.9 Å². The zero-order valence-corrected chi connectivity index (χ0v) is 19.1. The number of halogens is 1. The van der Waals surface area contributed by atoms with Crippen LogP contribution >= 0.6 is 0 Å². The van der Waals surface area contributed by atoms with Gasteiger partial charge in [0.05, 0.1) is 41.2 Å². The Labute approximate surface area is 198 Å². The molecular formula is C22H22FN9O3. The average molecular weight is 479 g/mol. The first kappa shape index (κ1) is 22.4. The molecule has 5 heterocycles. The number of fused-ring (bicyclic) bond motifs is 1. The number of hydrogen-bond acceptors (Lipinski definition) is 9. The van der Waals surface area contributed by atoms with Crippen LogP contribution in [-0.4, -0.2) is 83.8 Å². The molecule has 0 bridgehead atoms. The van der Waals surface area contributed by atoms with Gasteiger partial charge in [0, 0.05) is 44.8 Å². The number of nitrogens with zero attached hydrogens (tertiary/aromatic N) is 8. The van der Waals surface area contributed by atoms with Crippen LogP contribution in [0.1, 0.15) is 24.2 Å². The van der Waals surface area contributed by atoms with Crippen LogP contribution in [0, 0.1) is 5.82 Å². The van der Waals surface area contributed by atoms with E-state index in [1.165, 1.54) is 22.0 Å². The Morgan fingerprint density at radius 3 is 2.54 bits per heavy atom. The van der Waals surface area contributed by atoms with Gasteiger partial charge in [0.25, 0.3) is 17.6 Å². The number of ketones is 1. The Balaban J connectivity index is 1.34. The first-order chi connectivity index (χ1) is 16.9. The predicted molar refractivity (Wildman–Crippen MR) is 122 cm³/mol. The number of ether oxygens (including phenoxy) is 1. The molecule has 13 heteroatoms. The predicted octanol–water partition coefficient (Wildman–Crippen LogP) is 1.39. The second kappa shape index (κ2) is 9.08. The highest BCUT2D eigenvalue weighted by Gasteiger charge is 2.31. The number of carbonyl (C=O) groups is 2. The summed E-state index contributed by atoms with van der Waals surface area (Å²) in [5.41, 5.74) is 0.187. The van der Waals surface area contributed by atoms with E-state index in [-0.39, 0.29) is 28.4 Å². The summed E-state index contributed by atoms with van der Waals surface area (Å²) in [7, 11) is 0. The molecule has 4 aromatic heterocycles. The molecule has 1 saturated heterocycles. The lowest BCUT2D eigenvalue weighted by molar-refractivity contribution is -0.126. The minimum absolute atomic E-state index is 0.0162. The van der Waals surface area contributed by atoms with Crippen molar-refractivity contribution in [1.29, 1.82) is 0 Å². The molecule has 0 spiro atoms. The molecule has 1 aliphatic heterocycles. The summed E-state index contributed by atoms with van der Waals surface area (Å²) >= 11 is 0. The first-order valence-corrected chi connectivity index (χ1v) is 11.0. The lowest BCUT2D eigenvalue weighted by Gasteiger charge is -2.35. The highest BCUT2D eigenvalue weighted by molar-refractivity contribution is 6.45. The van der Waals surface area contributed by atoms with Crippen molar-refractivity contribution < 1.29 is 18.7 Å². The molecule has 35 heavy (non-hydrogen) atoms. The summed E-state index contributed by atoms with van der Waals surface area (Å²) in [5, 5.41) is 7.57. The summed E-state index contributed by atoms with van der Waals surface area (Å²) in [4.78, 5) is 45.1. The monoisotopic (exact) mass is 479 g/mol. The number of rotatable bonds is 6. The van der Waals surface area contributed by atoms with Gasteiger partial charge in [-0.25, -0.2) is 24.0 Å². The standard InChI is InChI=1S/C22H22FN9O3/c1-13(2)35-21-20(24-3-4-25-21)30-7-9-31(10-8-30)22(34)18(33)14-11-26-17-16(14)15(23)12-27-19(17)32-6-5-28-29-32/h3-6,11-13,26H,7-10H2,1-2H3. The molecule has 180 valence electrons. The molecule has 0 aromatic carbocycles. The van der Waals surface area contributed by atoms with E-state index in [1.807, 2.05) is 18.7 Å². The van der Waals surface area contributed by atoms with Gasteiger partial charge in [0.2, 0.25) is 0 Å². The van der Waals surface area contributed by atoms with Crippen LogP contribution in [0.5, 0.6) is 5.88 Å². The Hall–Kier alpha value is -4.42. The van der Waals surface area contributed by atoms with E-state index in [4.69, 9.17) is 4.74 Å². The summed E-state index contributed by atoms with van der Waals surface area (Å²) in [6, 6.07) is 0. The first-order valence-electron chi connectivity index (χ1n) is 11.0. The lowest BCUT2D eigenvalue weighted by Crippen LogP contribution is -2.51. The van der Waals surface area contributed by atoms with Crippen LogP contribution in [-0.2, 0) is 4.79 Å². The van der Waals surface area contributed by atoms with E-state index >= 15 is 0 Å². The van der Waals surface area contributed by atoms with Crippen molar-refractivity contribution in [3.8, 4) is 11.7 Å². The summed E-state index contributed by atoms with van der Waals surface area (Å²) in [5.74, 6) is -0.950. The van der Waals surface area contributed by atoms with Gasteiger partial charge in [0.15, 0.2) is 17.5 Å². The van der Waals surface area contributed by atoms with E-state index in [0.717, 1.165) is 6.20 Å². The number of Topliss-reactive ketones (excluding diaryl/α,β-unsaturated/α-hetero) is 1. The molecular weight excluding hydrogens is 457 g/mol. The van der Waals surface area contributed by atoms with Crippen LogP contribution in [0.25, 0.3) is 16.7 Å². The Kier molecular flexibility index (Phi) is 5.81. The van der Waals surface area contributed by atoms with Gasteiger partial charge < -0.3 is 19.5 Å². The number of pyridine rings is 1. The van der Waals surface area contributed by atoms with Gasteiger partial charge in [-0.05, 0) is 13.8 Å². The molecule has 12 nitrogen and oxygen atoms in total. The molecule has 1 amide bonds. The summed E-state index contributed by atoms with van der Waals surface area (Å²) < 4.78 is 21.8. The minimum Gasteiger partial charge on any atom is -0.472 e. The fourth-order valence-corrected chi connectivity index (χ4v) is 3.99. The third-order valence-corrected chi connectivity index (χ3v) is 5.58. The molecule has 0 radical (unpaired) electrons. The lowest BCUT2D eigenvalue weighted by atomic mass is 10.1. The van der Waals surface area contributed by atoms with E-state index in [1.54, 1.807) is 18.6 Å². The fourth-order valence-electron chi connectivity index (χ4n) is 3.99. The third kappa shape index (κ3) is 4.16. The number of H-pyrrole nitrogens is 1. The normalized spacial score (nSPS) is 14.1. The molecule has 1 aliphatic rings. The third-order valence-electron chi connectivity index (χ3n) is 5.58. The zero-order valence-electron chi connectivity index (χ0n) is 19.1. The quantitative estimate of drug-likeness (QED) is 0.321. The number of aromatic amines is 1. The summed E-state index contributed by atoms with van der Waals surface area (Å²) in [6.45, 7) is 5.26. The number of nitrogens with one attached hydrogen (secondary N) is 1. The minimum atomic E-state index is -0.803. The van der Waals surface area contributed by atoms with Crippen molar-refractivity contribution in [3.05, 3.63) is 48.6 Å². The smallest absolute Gasteiger partial charge is 0.295 e. The van der Waals surface area contributed by atoms with Crippen LogP contribution in [0.15, 0.2) is 37.2 Å². The average Bonchev–Trinajstić information content (AvgIpc) is 3.55. The van der Waals surface area contributed by atoms with Crippen molar-refractivity contribution in [1.82, 2.24) is 39.8 Å². The maximum absolute atomic E-state index is 14.7. The number of hydrogen-bond donors (Lipinski definition) is 1. The molecule has 0 saturated carbocycles. The number of carbonyl (C=O) groups excluding carboxylic acids is 2. The fraction of sp³-hybridized carbons (Fsp3) is 0.318. The van der Waals surface area contributed by atoms with Crippen molar-refractivity contribution in [2.45, 2.75) is 20.0 Å². The number of piperazine rings is 1. The Morgan fingerprint density at radius 1 is 1.06 bits per heavy atom. The van der Waals surface area contributed by atoms with E-state index in [2.05, 4.69) is 30.2 Å². The van der Waals surface area contributed by atoms with Gasteiger partial charge in [-0.15, -0.1) is 5.10 Å². The van der Waals surface area contributed by atoms with Crippen molar-refractivity contribution in [2.75, 3.05) is 31.1 Å². The zero-order chi connectivity index (χ0) is 24.5. The molecule has 0 aliphatic carbocycles. The largest absolute Gasteiger partial charge is 0.472 e. The number of aromatic nitrogens is 7. The topological polar surface area (TPSA) is 135 Å². The molecule has 0 unspecified atom stereocenters. The molecule has 4 aromatic rings. The van der Waals surface area contributed by atoms with Gasteiger partial charge in [0.1, 0.15) is 0 Å². The highest BCUT2D eigenvalue weighted by Crippen LogP contribution is 2.27. The van der Waals surface area contributed by atoms with Gasteiger partial charge in [-0.2, -0.15) is 0 Å². The number of anilines is 1. The van der Waals surface area contributed by atoms with Gasteiger partial charge >= 0.3 is 0 Å². The Bertz CT molecular complexity index is 1380. The van der Waals surface area contributed by atoms with Crippen molar-refractivity contribution >= 4 is 28.4 Å². The Morgan fingerprint density at radius 2 is 1.83 bits per heavy atom. The van der Waals surface area contributed by atoms with Crippen LogP contribution in [0.4, 0.5) is 10.2 Å². The maximum Gasteiger partial charge on any atom is 0.295 e. The van der Waals surface area contributed by atoms with Crippen LogP contribution in [0.2, 0.25) is 0 Å². The van der Waals surface area contributed by atoms with Crippen LogP contribution in [0.3, 0.4) is 0 Å². The highest BCUT2D eigenvalue weighted by atomic mass is 19.1. The summed E-state index contributed by atoms with van der Waals surface area (Å²) in [6.07, 6.45) is 8.38. The second-order valence-electron chi connectivity index (χ2n) is 8.19. The molecule has 1 N–H and O–H groups in total. The van der Waals surface area contributed by atoms with E-state index < -0.39 is 17.5 Å². The second-order valence-corrected chi connectivity index (χ2v) is 8.19. The van der Waals surface area contributed by atoms with Gasteiger partial charge in [-0.3, -0.25) is 9.59 Å². The molecule has 0 atom stereocenters. The maximum atomic E-state index is 14.7. The van der Waals surface area contributed by atoms with Crippen molar-refractivity contribution in [2.24, 2.45) is 0 Å². The van der Waals surface area contributed by atoms with Crippen molar-refractivity contribution in [3.63, 3.8) is 0 Å². The number of amides is 1. The van der Waals surface area contributed by atoms with Gasteiger partial charge in [-0.1, -0.05) is 5.21 Å².